The summed E-state index contributed by atoms with van der Waals surface area (Å²) in [6, 6.07) is 0. The minimum absolute atomic E-state index is 0. The molecule has 2 rings (SSSR count). The van der Waals surface area contributed by atoms with E-state index in [-0.39, 0.29) is 44.0 Å². The van der Waals surface area contributed by atoms with Crippen LogP contribution in [0.2, 0.25) is 0 Å². The molecule has 1 aliphatic rings. The van der Waals surface area contributed by atoms with Crippen molar-refractivity contribution >= 4 is 41.9 Å². The van der Waals surface area contributed by atoms with Crippen LogP contribution in [0.1, 0.15) is 40.5 Å². The molecule has 0 saturated carbocycles. The summed E-state index contributed by atoms with van der Waals surface area (Å²) in [7, 11) is 0. The van der Waals surface area contributed by atoms with E-state index in [9.17, 15) is 9.59 Å². The molecule has 31 heavy (non-hydrogen) atoms. The largest absolute Gasteiger partial charge is 0.470 e. The minimum Gasteiger partial charge on any atom is -0.470 e. The lowest BCUT2D eigenvalue weighted by Gasteiger charge is -2.27. The van der Waals surface area contributed by atoms with Gasteiger partial charge in [-0.15, -0.1) is 16.8 Å². The predicted octanol–water partition coefficient (Wildman–Crippen LogP) is 1.82. The smallest absolute Gasteiger partial charge is 0.306 e. The Morgan fingerprint density at radius 2 is 1.87 bits per heavy atom. The first-order valence-electron chi connectivity index (χ1n) is 10.2. The summed E-state index contributed by atoms with van der Waals surface area (Å²) >= 11 is 1.08. The quantitative estimate of drug-likeness (QED) is 0.470. The number of carbonyl (C=O) groups is 2. The molecule has 0 unspecified atom stereocenters. The van der Waals surface area contributed by atoms with Crippen molar-refractivity contribution in [2.45, 2.75) is 52.2 Å². The van der Waals surface area contributed by atoms with Crippen LogP contribution in [0, 0.1) is 0 Å². The molecule has 1 aliphatic heterocycles. The second kappa shape index (κ2) is 13.7. The zero-order valence-electron chi connectivity index (χ0n) is 18.5. The van der Waals surface area contributed by atoms with Crippen LogP contribution in [0.15, 0.2) is 0 Å². The highest BCUT2D eigenvalue weighted by Crippen LogP contribution is 2.26. The molecule has 10 nitrogen and oxygen atoms in total. The number of rotatable bonds is 11. The van der Waals surface area contributed by atoms with Gasteiger partial charge in [0.05, 0.1) is 44.4 Å². The molecule has 0 aromatic carbocycles. The van der Waals surface area contributed by atoms with Crippen LogP contribution in [-0.2, 0) is 23.8 Å². The molecule has 0 spiro atoms. The third-order valence-electron chi connectivity index (χ3n) is 4.16. The minimum atomic E-state index is -0.543. The SMILES string of the molecule is CCOC(=O)CCC(=O)O[C@@H](CNC(C)(C)C)COc1nsnc1N1CCOCC1.Cl. The summed E-state index contributed by atoms with van der Waals surface area (Å²) in [6.45, 7) is 11.3. The Morgan fingerprint density at radius 3 is 2.52 bits per heavy atom. The summed E-state index contributed by atoms with van der Waals surface area (Å²) in [5.41, 5.74) is -0.156. The fourth-order valence-electron chi connectivity index (χ4n) is 2.64. The number of morpholine rings is 1. The van der Waals surface area contributed by atoms with Crippen LogP contribution in [0.5, 0.6) is 5.88 Å². The van der Waals surface area contributed by atoms with Gasteiger partial charge in [0.1, 0.15) is 12.7 Å². The number of esters is 2. The van der Waals surface area contributed by atoms with Crippen molar-refractivity contribution in [3.8, 4) is 5.88 Å². The number of anilines is 1. The molecule has 2 heterocycles. The first-order chi connectivity index (χ1) is 14.3. The third-order valence-corrected chi connectivity index (χ3v) is 4.66. The number of carbonyl (C=O) groups excluding carboxylic acids is 2. The lowest BCUT2D eigenvalue weighted by molar-refractivity contribution is -0.154. The van der Waals surface area contributed by atoms with Crippen molar-refractivity contribution in [1.82, 2.24) is 14.1 Å². The van der Waals surface area contributed by atoms with Gasteiger partial charge >= 0.3 is 11.9 Å². The lowest BCUT2D eigenvalue weighted by atomic mass is 10.1. The van der Waals surface area contributed by atoms with Crippen LogP contribution >= 0.6 is 24.1 Å². The van der Waals surface area contributed by atoms with Crippen molar-refractivity contribution in [3.05, 3.63) is 0 Å². The van der Waals surface area contributed by atoms with E-state index in [1.807, 2.05) is 20.8 Å². The Kier molecular flexibility index (Phi) is 12.1. The molecule has 1 fully saturated rings. The number of nitrogens with one attached hydrogen (secondary N) is 1. The Labute approximate surface area is 193 Å². The number of nitrogens with zero attached hydrogens (tertiary/aromatic N) is 3. The maximum Gasteiger partial charge on any atom is 0.306 e. The highest BCUT2D eigenvalue weighted by atomic mass is 35.5. The third kappa shape index (κ3) is 10.4. The molecule has 1 saturated heterocycles. The normalized spacial score (nSPS) is 15.0. The topological polar surface area (TPSA) is 112 Å². The molecule has 1 aromatic heterocycles. The van der Waals surface area contributed by atoms with Crippen molar-refractivity contribution in [3.63, 3.8) is 0 Å². The molecule has 0 amide bonds. The Hall–Kier alpha value is -1.69. The van der Waals surface area contributed by atoms with E-state index < -0.39 is 18.0 Å². The Balaban J connectivity index is 0.00000480. The average Bonchev–Trinajstić information content (AvgIpc) is 3.17. The summed E-state index contributed by atoms with van der Waals surface area (Å²) in [4.78, 5) is 25.7. The molecule has 178 valence electrons. The van der Waals surface area contributed by atoms with Gasteiger partial charge in [0.2, 0.25) is 5.82 Å². The second-order valence-corrected chi connectivity index (χ2v) is 8.38. The fraction of sp³-hybridized carbons (Fsp3) is 0.789. The summed E-state index contributed by atoms with van der Waals surface area (Å²) < 4.78 is 30.2. The van der Waals surface area contributed by atoms with E-state index in [1.54, 1.807) is 6.92 Å². The first kappa shape index (κ1) is 27.3. The molecule has 0 aliphatic carbocycles. The number of aromatic nitrogens is 2. The van der Waals surface area contributed by atoms with E-state index in [4.69, 9.17) is 18.9 Å². The van der Waals surface area contributed by atoms with Crippen molar-refractivity contribution < 1.29 is 28.5 Å². The van der Waals surface area contributed by atoms with Gasteiger partial charge in [-0.1, -0.05) is 0 Å². The van der Waals surface area contributed by atoms with Crippen molar-refractivity contribution in [2.24, 2.45) is 0 Å². The van der Waals surface area contributed by atoms with Gasteiger partial charge in [-0.2, -0.15) is 4.37 Å². The van der Waals surface area contributed by atoms with E-state index >= 15 is 0 Å². The van der Waals surface area contributed by atoms with E-state index in [0.717, 1.165) is 24.8 Å². The van der Waals surface area contributed by atoms with E-state index in [2.05, 4.69) is 19.0 Å². The van der Waals surface area contributed by atoms with Crippen LogP contribution in [-0.4, -0.2) is 78.4 Å². The van der Waals surface area contributed by atoms with Crippen LogP contribution < -0.4 is 15.0 Å². The summed E-state index contributed by atoms with van der Waals surface area (Å²) in [5.74, 6) is 0.209. The zero-order chi connectivity index (χ0) is 22.0. The molecule has 1 atom stereocenters. The molecule has 0 bridgehead atoms. The number of halogens is 1. The van der Waals surface area contributed by atoms with Crippen molar-refractivity contribution in [1.29, 1.82) is 0 Å². The van der Waals surface area contributed by atoms with Crippen LogP contribution in [0.3, 0.4) is 0 Å². The number of hydrogen-bond donors (Lipinski definition) is 1. The van der Waals surface area contributed by atoms with Gasteiger partial charge in [-0.05, 0) is 27.7 Å². The number of ether oxygens (including phenoxy) is 4. The molecular formula is C19H33ClN4O6S. The average molecular weight is 481 g/mol. The highest BCUT2D eigenvalue weighted by Gasteiger charge is 2.23. The highest BCUT2D eigenvalue weighted by molar-refractivity contribution is 6.99. The molecular weight excluding hydrogens is 448 g/mol. The van der Waals surface area contributed by atoms with Gasteiger partial charge in [-0.3, -0.25) is 9.59 Å². The van der Waals surface area contributed by atoms with E-state index in [1.165, 1.54) is 0 Å². The van der Waals surface area contributed by atoms with Gasteiger partial charge in [0.25, 0.3) is 5.88 Å². The predicted molar refractivity (Wildman–Crippen MR) is 119 cm³/mol. The zero-order valence-corrected chi connectivity index (χ0v) is 20.2. The molecule has 1 N–H and O–H groups in total. The van der Waals surface area contributed by atoms with Gasteiger partial charge in [0.15, 0.2) is 0 Å². The summed E-state index contributed by atoms with van der Waals surface area (Å²) in [5, 5.41) is 3.31. The molecule has 1 aromatic rings. The molecule has 12 heteroatoms. The lowest BCUT2D eigenvalue weighted by Crippen LogP contribution is -2.44. The van der Waals surface area contributed by atoms with Crippen LogP contribution in [0.4, 0.5) is 5.82 Å². The Bertz CT molecular complexity index is 679. The van der Waals surface area contributed by atoms with Gasteiger partial charge in [0, 0.05) is 25.2 Å². The summed E-state index contributed by atoms with van der Waals surface area (Å²) in [6.07, 6.45) is -0.593. The number of hydrogen-bond acceptors (Lipinski definition) is 11. The Morgan fingerprint density at radius 1 is 1.19 bits per heavy atom. The monoisotopic (exact) mass is 480 g/mol. The maximum absolute atomic E-state index is 12.2. The van der Waals surface area contributed by atoms with Crippen molar-refractivity contribution in [2.75, 3.05) is 51.0 Å². The van der Waals surface area contributed by atoms with Gasteiger partial charge < -0.3 is 29.2 Å². The van der Waals surface area contributed by atoms with E-state index in [0.29, 0.717) is 31.5 Å². The van der Waals surface area contributed by atoms with Crippen LogP contribution in [0.25, 0.3) is 0 Å². The molecule has 0 radical (unpaired) electrons. The first-order valence-corrected chi connectivity index (χ1v) is 10.9. The second-order valence-electron chi connectivity index (χ2n) is 7.85. The van der Waals surface area contributed by atoms with Gasteiger partial charge in [-0.25, -0.2) is 0 Å². The standard InChI is InChI=1S/C19H32N4O6S.ClH/c1-5-27-15(24)6-7-16(25)29-14(12-20-19(2,3)4)13-28-18-17(21-30-22-18)23-8-10-26-11-9-23;/h14,20H,5-13H2,1-4H3;1H/t14-;/m0./s1. The fourth-order valence-corrected chi connectivity index (χ4v) is 3.16. The maximum atomic E-state index is 12.2.